The van der Waals surface area contributed by atoms with Gasteiger partial charge in [0, 0.05) is 35.4 Å². The molecule has 1 saturated heterocycles. The van der Waals surface area contributed by atoms with Crippen LogP contribution in [-0.2, 0) is 14.3 Å². The summed E-state index contributed by atoms with van der Waals surface area (Å²) in [7, 11) is 1.35. The lowest BCUT2D eigenvalue weighted by molar-refractivity contribution is -0.171. The Hall–Kier alpha value is -3.00. The fraction of sp³-hybridized carbons (Fsp3) is 0.500. The molecule has 0 N–H and O–H groups in total. The van der Waals surface area contributed by atoms with Crippen molar-refractivity contribution in [3.8, 4) is 5.75 Å². The van der Waals surface area contributed by atoms with E-state index in [0.717, 1.165) is 21.6 Å². The quantitative estimate of drug-likeness (QED) is 0.235. The first-order valence-electron chi connectivity index (χ1n) is 12.7. The van der Waals surface area contributed by atoms with Gasteiger partial charge >= 0.3 is 12.1 Å². The average molecular weight is 542 g/mol. The van der Waals surface area contributed by atoms with E-state index in [0.29, 0.717) is 17.9 Å². The zero-order chi connectivity index (χ0) is 28.4. The molecule has 7 nitrogen and oxygen atoms in total. The molecule has 2 atom stereocenters. The summed E-state index contributed by atoms with van der Waals surface area (Å²) in [6, 6.07) is 11.5. The Kier molecular flexibility index (Phi) is 8.86. The second-order valence-electron chi connectivity index (χ2n) is 11.3. The maximum absolute atomic E-state index is 13.6. The van der Waals surface area contributed by atoms with Gasteiger partial charge in [0.1, 0.15) is 11.4 Å². The zero-order valence-corrected chi connectivity index (χ0v) is 24.7. The molecule has 38 heavy (non-hydrogen) atoms. The number of amides is 1. The summed E-state index contributed by atoms with van der Waals surface area (Å²) >= 11 is 1.62. The Morgan fingerprint density at radius 2 is 1.53 bits per heavy atom. The van der Waals surface area contributed by atoms with Crippen LogP contribution in [0.3, 0.4) is 0 Å². The molecule has 0 aliphatic carbocycles. The number of ketones is 1. The fourth-order valence-electron chi connectivity index (χ4n) is 4.71. The summed E-state index contributed by atoms with van der Waals surface area (Å²) < 4.78 is 16.7. The van der Waals surface area contributed by atoms with Crippen LogP contribution >= 0.6 is 11.8 Å². The Balaban J connectivity index is 1.93. The minimum atomic E-state index is -1.19. The van der Waals surface area contributed by atoms with E-state index in [9.17, 15) is 14.4 Å². The van der Waals surface area contributed by atoms with Gasteiger partial charge in [-0.1, -0.05) is 24.3 Å². The Labute approximate surface area is 230 Å². The van der Waals surface area contributed by atoms with Gasteiger partial charge in [0.25, 0.3) is 0 Å². The lowest BCUT2D eigenvalue weighted by atomic mass is 9.82. The van der Waals surface area contributed by atoms with Crippen LogP contribution in [0.2, 0.25) is 0 Å². The maximum atomic E-state index is 13.6. The molecule has 8 heteroatoms. The molecular weight excluding hydrogens is 502 g/mol. The number of Topliss-reactive ketones (excluding diaryl/α,β-unsaturated/α-hetero) is 1. The van der Waals surface area contributed by atoms with Crippen LogP contribution in [0.5, 0.6) is 5.75 Å². The number of rotatable bonds is 7. The van der Waals surface area contributed by atoms with Gasteiger partial charge < -0.3 is 19.1 Å². The highest BCUT2D eigenvalue weighted by Gasteiger charge is 2.42. The third-order valence-electron chi connectivity index (χ3n) is 6.62. The van der Waals surface area contributed by atoms with Gasteiger partial charge in [-0.05, 0) is 83.5 Å². The highest BCUT2D eigenvalue weighted by Crippen LogP contribution is 2.39. The van der Waals surface area contributed by atoms with Crippen LogP contribution in [0.25, 0.3) is 0 Å². The predicted octanol–water partition coefficient (Wildman–Crippen LogP) is 6.19. The number of esters is 1. The van der Waals surface area contributed by atoms with Gasteiger partial charge in [0.05, 0.1) is 7.11 Å². The van der Waals surface area contributed by atoms with Crippen molar-refractivity contribution in [2.75, 3.05) is 26.5 Å². The van der Waals surface area contributed by atoms with Gasteiger partial charge in [-0.15, -0.1) is 11.8 Å². The predicted molar refractivity (Wildman–Crippen MR) is 149 cm³/mol. The van der Waals surface area contributed by atoms with Crippen LogP contribution in [0, 0.1) is 19.8 Å². The van der Waals surface area contributed by atoms with Crippen LogP contribution in [0.1, 0.15) is 67.6 Å². The van der Waals surface area contributed by atoms with E-state index in [1.54, 1.807) is 30.5 Å². The highest BCUT2D eigenvalue weighted by molar-refractivity contribution is 7.98. The van der Waals surface area contributed by atoms with Gasteiger partial charge in [-0.25, -0.2) is 9.59 Å². The van der Waals surface area contributed by atoms with E-state index in [1.807, 2.05) is 77.3 Å². The number of nitrogens with zero attached hydrogens (tertiary/aromatic N) is 1. The molecule has 1 unspecified atom stereocenters. The average Bonchev–Trinajstić information content (AvgIpc) is 3.30. The largest absolute Gasteiger partial charge is 0.476 e. The number of thioether (sulfide) groups is 1. The first-order valence-corrected chi connectivity index (χ1v) is 13.9. The van der Waals surface area contributed by atoms with E-state index in [4.69, 9.17) is 14.2 Å². The minimum Gasteiger partial charge on any atom is -0.476 e. The molecule has 0 bridgehead atoms. The number of carbonyl (C=O) groups is 3. The maximum Gasteiger partial charge on any atom is 0.409 e. The molecule has 0 spiro atoms. The van der Waals surface area contributed by atoms with Crippen LogP contribution < -0.4 is 4.74 Å². The lowest BCUT2D eigenvalue weighted by Gasteiger charge is -2.30. The lowest BCUT2D eigenvalue weighted by Crippen LogP contribution is -2.43. The molecule has 1 heterocycles. The summed E-state index contributed by atoms with van der Waals surface area (Å²) in [4.78, 5) is 41.5. The summed E-state index contributed by atoms with van der Waals surface area (Å²) in [6.07, 6.45) is 1.54. The van der Waals surface area contributed by atoms with E-state index >= 15 is 0 Å². The summed E-state index contributed by atoms with van der Waals surface area (Å²) in [6.45, 7) is 13.3. The molecule has 1 aliphatic heterocycles. The second-order valence-corrected chi connectivity index (χ2v) is 12.2. The van der Waals surface area contributed by atoms with Gasteiger partial charge in [0.2, 0.25) is 0 Å². The molecule has 1 fully saturated rings. The first-order chi connectivity index (χ1) is 17.7. The fourth-order valence-corrected chi connectivity index (χ4v) is 5.12. The summed E-state index contributed by atoms with van der Waals surface area (Å²) in [5.74, 6) is -0.487. The number of benzene rings is 2. The first kappa shape index (κ1) is 29.6. The molecule has 1 aliphatic rings. The number of hydrogen-bond acceptors (Lipinski definition) is 7. The molecule has 2 aromatic rings. The van der Waals surface area contributed by atoms with Crippen molar-refractivity contribution in [3.05, 3.63) is 58.7 Å². The monoisotopic (exact) mass is 541 g/mol. The molecule has 206 valence electrons. The van der Waals surface area contributed by atoms with E-state index in [1.165, 1.54) is 7.11 Å². The van der Waals surface area contributed by atoms with Crippen molar-refractivity contribution in [2.45, 2.75) is 70.5 Å². The van der Waals surface area contributed by atoms with Crippen molar-refractivity contribution >= 4 is 29.6 Å². The minimum absolute atomic E-state index is 0.00394. The van der Waals surface area contributed by atoms with Crippen molar-refractivity contribution in [2.24, 2.45) is 5.92 Å². The van der Waals surface area contributed by atoms with Crippen molar-refractivity contribution in [3.63, 3.8) is 0 Å². The Morgan fingerprint density at radius 1 is 0.947 bits per heavy atom. The zero-order valence-electron chi connectivity index (χ0n) is 23.8. The van der Waals surface area contributed by atoms with E-state index in [2.05, 4.69) is 0 Å². The second kappa shape index (κ2) is 11.4. The smallest absolute Gasteiger partial charge is 0.409 e. The number of aryl methyl sites for hydroxylation is 2. The van der Waals surface area contributed by atoms with Gasteiger partial charge in [0.15, 0.2) is 11.4 Å². The molecule has 1 amide bonds. The SMILES string of the molecule is COC(=O)N1CC(C(=O)c2ccc(SC)cc2)[C@@H](c2cc(C)c(OC(C)(C)C(=O)OC(C)(C)C)c(C)c2)C1. The number of carbonyl (C=O) groups excluding carboxylic acids is 3. The third kappa shape index (κ3) is 6.70. The Bertz CT molecular complexity index is 1180. The number of hydrogen-bond donors (Lipinski definition) is 0. The number of likely N-dealkylation sites (tertiary alicyclic amines) is 1. The van der Waals surface area contributed by atoms with E-state index < -0.39 is 29.2 Å². The van der Waals surface area contributed by atoms with E-state index in [-0.39, 0.29) is 18.2 Å². The third-order valence-corrected chi connectivity index (χ3v) is 7.37. The van der Waals surface area contributed by atoms with Gasteiger partial charge in [-0.3, -0.25) is 4.79 Å². The molecule has 0 saturated carbocycles. The normalized spacial score (nSPS) is 17.8. The van der Waals surface area contributed by atoms with Crippen LogP contribution in [-0.4, -0.2) is 60.4 Å². The Morgan fingerprint density at radius 3 is 2.03 bits per heavy atom. The van der Waals surface area contributed by atoms with Crippen LogP contribution in [0.15, 0.2) is 41.3 Å². The van der Waals surface area contributed by atoms with Crippen molar-refractivity contribution in [1.29, 1.82) is 0 Å². The van der Waals surface area contributed by atoms with Crippen molar-refractivity contribution < 1.29 is 28.6 Å². The van der Waals surface area contributed by atoms with Gasteiger partial charge in [-0.2, -0.15) is 0 Å². The highest BCUT2D eigenvalue weighted by atomic mass is 32.2. The van der Waals surface area contributed by atoms with Crippen LogP contribution in [0.4, 0.5) is 4.79 Å². The summed E-state index contributed by atoms with van der Waals surface area (Å²) in [5, 5.41) is 0. The molecule has 0 radical (unpaired) electrons. The number of methoxy groups -OCH3 is 1. The molecule has 2 aromatic carbocycles. The molecular formula is C30H39NO6S. The number of ether oxygens (including phenoxy) is 3. The standard InChI is InChI=1S/C30H39NO6S/c1-18-14-21(15-19(2)26(18)36-30(6,7)27(33)37-29(3,4)5)23-16-31(28(34)35-8)17-24(23)25(32)20-10-12-22(38-9)13-11-20/h10-15,23-24H,16-17H2,1-9H3/t23-,24?/m1/s1. The molecule has 0 aromatic heterocycles. The summed E-state index contributed by atoms with van der Waals surface area (Å²) in [5.41, 5.74) is 1.41. The molecule has 3 rings (SSSR count). The topological polar surface area (TPSA) is 82.1 Å². The van der Waals surface area contributed by atoms with Crippen molar-refractivity contribution in [1.82, 2.24) is 4.90 Å².